The van der Waals surface area contributed by atoms with E-state index < -0.39 is 18.8 Å². The minimum Gasteiger partial charge on any atom is -0.493 e. The minimum atomic E-state index is -4.32. The van der Waals surface area contributed by atoms with Gasteiger partial charge in [-0.1, -0.05) is 0 Å². The van der Waals surface area contributed by atoms with E-state index in [0.29, 0.717) is 11.4 Å². The van der Waals surface area contributed by atoms with Crippen LogP contribution in [0.15, 0.2) is 6.20 Å². The molecule has 1 heterocycles. The fourth-order valence-electron chi connectivity index (χ4n) is 1.57. The molecule has 0 aromatic carbocycles. The molecule has 0 aliphatic heterocycles. The fraction of sp³-hybridized carbons (Fsp3) is 0.700. The number of aromatic nitrogens is 2. The van der Waals surface area contributed by atoms with Gasteiger partial charge in [-0.15, -0.1) is 0 Å². The van der Waals surface area contributed by atoms with Gasteiger partial charge in [-0.2, -0.15) is 18.3 Å². The SMILES string of the molecule is CNC(COCC(F)(F)F)c1c(OC)cnn1C. The van der Waals surface area contributed by atoms with Gasteiger partial charge in [0, 0.05) is 7.05 Å². The van der Waals surface area contributed by atoms with Crippen LogP contribution in [0.25, 0.3) is 0 Å². The Hall–Kier alpha value is -1.28. The van der Waals surface area contributed by atoms with Crippen molar-refractivity contribution in [3.63, 3.8) is 0 Å². The monoisotopic (exact) mass is 267 g/mol. The molecule has 104 valence electrons. The Balaban J connectivity index is 2.68. The van der Waals surface area contributed by atoms with Crippen molar-refractivity contribution in [2.24, 2.45) is 7.05 Å². The summed E-state index contributed by atoms with van der Waals surface area (Å²) >= 11 is 0. The lowest BCUT2D eigenvalue weighted by molar-refractivity contribution is -0.175. The Morgan fingerprint density at radius 1 is 1.50 bits per heavy atom. The first-order valence-electron chi connectivity index (χ1n) is 5.26. The molecule has 1 aromatic heterocycles. The minimum absolute atomic E-state index is 0.119. The summed E-state index contributed by atoms with van der Waals surface area (Å²) in [6.45, 7) is -1.39. The molecule has 0 spiro atoms. The van der Waals surface area contributed by atoms with Gasteiger partial charge < -0.3 is 14.8 Å². The molecule has 1 unspecified atom stereocenters. The van der Waals surface area contributed by atoms with Gasteiger partial charge in [0.15, 0.2) is 5.75 Å². The van der Waals surface area contributed by atoms with Crippen molar-refractivity contribution in [1.82, 2.24) is 15.1 Å². The average molecular weight is 267 g/mol. The largest absolute Gasteiger partial charge is 0.493 e. The predicted octanol–water partition coefficient (Wildman–Crippen LogP) is 1.27. The normalized spacial score (nSPS) is 13.7. The molecule has 0 saturated carbocycles. The summed E-state index contributed by atoms with van der Waals surface area (Å²) in [7, 11) is 4.80. The summed E-state index contributed by atoms with van der Waals surface area (Å²) in [5, 5.41) is 6.86. The number of methoxy groups -OCH3 is 1. The van der Waals surface area contributed by atoms with Crippen molar-refractivity contribution < 1.29 is 22.6 Å². The number of likely N-dealkylation sites (N-methyl/N-ethyl adjacent to an activating group) is 1. The molecule has 1 atom stereocenters. The van der Waals surface area contributed by atoms with Crippen molar-refractivity contribution in [2.45, 2.75) is 12.2 Å². The number of aryl methyl sites for hydroxylation is 1. The molecule has 1 aromatic rings. The summed E-state index contributed by atoms with van der Waals surface area (Å²) in [5.41, 5.74) is 0.641. The molecule has 0 aliphatic rings. The molecular weight excluding hydrogens is 251 g/mol. The van der Waals surface area contributed by atoms with Crippen LogP contribution in [-0.2, 0) is 11.8 Å². The first-order chi connectivity index (χ1) is 8.39. The summed E-state index contributed by atoms with van der Waals surface area (Å²) in [5.74, 6) is 0.507. The van der Waals surface area contributed by atoms with Crippen LogP contribution < -0.4 is 10.1 Å². The maximum atomic E-state index is 12.0. The number of hydrogen-bond acceptors (Lipinski definition) is 4. The highest BCUT2D eigenvalue weighted by Gasteiger charge is 2.28. The first-order valence-corrected chi connectivity index (χ1v) is 5.26. The number of rotatable bonds is 6. The van der Waals surface area contributed by atoms with Crippen LogP contribution in [0.5, 0.6) is 5.75 Å². The third-order valence-corrected chi connectivity index (χ3v) is 2.40. The molecule has 5 nitrogen and oxygen atoms in total. The van der Waals surface area contributed by atoms with E-state index in [9.17, 15) is 13.2 Å². The number of nitrogens with one attached hydrogen (secondary N) is 1. The van der Waals surface area contributed by atoms with E-state index >= 15 is 0 Å². The third kappa shape index (κ3) is 3.88. The number of ether oxygens (including phenoxy) is 2. The standard InChI is InChI=1S/C10H16F3N3O2/c1-14-7(5-18-6-10(11,12)13)9-8(17-3)4-15-16(9)2/h4,7,14H,5-6H2,1-3H3. The van der Waals surface area contributed by atoms with E-state index in [4.69, 9.17) is 4.74 Å². The Morgan fingerprint density at radius 3 is 2.67 bits per heavy atom. The topological polar surface area (TPSA) is 48.3 Å². The second-order valence-corrected chi connectivity index (χ2v) is 3.69. The zero-order chi connectivity index (χ0) is 13.8. The van der Waals surface area contributed by atoms with Gasteiger partial charge in [0.2, 0.25) is 0 Å². The van der Waals surface area contributed by atoms with Gasteiger partial charge in [-0.05, 0) is 7.05 Å². The average Bonchev–Trinajstić information content (AvgIpc) is 2.65. The van der Waals surface area contributed by atoms with Crippen LogP contribution in [0.1, 0.15) is 11.7 Å². The molecule has 1 rings (SSSR count). The van der Waals surface area contributed by atoms with Crippen LogP contribution in [0.2, 0.25) is 0 Å². The molecule has 8 heteroatoms. The third-order valence-electron chi connectivity index (χ3n) is 2.40. The zero-order valence-electron chi connectivity index (χ0n) is 10.4. The molecule has 0 amide bonds. The molecule has 0 aliphatic carbocycles. The van der Waals surface area contributed by atoms with E-state index in [1.807, 2.05) is 0 Å². The van der Waals surface area contributed by atoms with Crippen molar-refractivity contribution in [3.05, 3.63) is 11.9 Å². The molecule has 0 saturated heterocycles. The van der Waals surface area contributed by atoms with Gasteiger partial charge in [0.1, 0.15) is 6.61 Å². The second-order valence-electron chi connectivity index (χ2n) is 3.69. The maximum Gasteiger partial charge on any atom is 0.411 e. The van der Waals surface area contributed by atoms with Gasteiger partial charge in [-0.3, -0.25) is 4.68 Å². The van der Waals surface area contributed by atoms with Gasteiger partial charge in [0.25, 0.3) is 0 Å². The zero-order valence-corrected chi connectivity index (χ0v) is 10.4. The number of alkyl halides is 3. The smallest absolute Gasteiger partial charge is 0.411 e. The Bertz CT molecular complexity index is 379. The number of halogens is 3. The highest BCUT2D eigenvalue weighted by molar-refractivity contribution is 5.28. The molecule has 1 N–H and O–H groups in total. The van der Waals surface area contributed by atoms with E-state index in [1.54, 1.807) is 14.1 Å². The number of nitrogens with zero attached hydrogens (tertiary/aromatic N) is 2. The van der Waals surface area contributed by atoms with Crippen LogP contribution in [0, 0.1) is 0 Å². The molecule has 0 radical (unpaired) electrons. The summed E-state index contributed by atoms with van der Waals surface area (Å²) in [6, 6.07) is -0.421. The van der Waals surface area contributed by atoms with E-state index in [0.717, 1.165) is 0 Å². The van der Waals surface area contributed by atoms with Gasteiger partial charge in [0.05, 0.1) is 31.6 Å². The quantitative estimate of drug-likeness (QED) is 0.843. The molecular formula is C10H16F3N3O2. The fourth-order valence-corrected chi connectivity index (χ4v) is 1.57. The summed E-state index contributed by atoms with van der Waals surface area (Å²) in [6.07, 6.45) is -2.82. The van der Waals surface area contributed by atoms with E-state index in [1.165, 1.54) is 18.0 Å². The number of hydrogen-bond donors (Lipinski definition) is 1. The summed E-state index contributed by atoms with van der Waals surface area (Å²) in [4.78, 5) is 0. The maximum absolute atomic E-state index is 12.0. The van der Waals surface area contributed by atoms with Crippen LogP contribution in [0.3, 0.4) is 0 Å². The van der Waals surface area contributed by atoms with E-state index in [-0.39, 0.29) is 6.61 Å². The first kappa shape index (κ1) is 14.8. The molecule has 18 heavy (non-hydrogen) atoms. The molecule has 0 bridgehead atoms. The molecule has 0 fully saturated rings. The van der Waals surface area contributed by atoms with Gasteiger partial charge in [-0.25, -0.2) is 0 Å². The Labute approximate surface area is 103 Å². The highest BCUT2D eigenvalue weighted by atomic mass is 19.4. The Kier molecular flexibility index (Phi) is 4.97. The highest BCUT2D eigenvalue weighted by Crippen LogP contribution is 2.24. The lowest BCUT2D eigenvalue weighted by Crippen LogP contribution is -2.27. The van der Waals surface area contributed by atoms with Crippen molar-refractivity contribution in [2.75, 3.05) is 27.4 Å². The summed E-state index contributed by atoms with van der Waals surface area (Å²) < 4.78 is 47.2. The predicted molar refractivity (Wildman–Crippen MR) is 58.4 cm³/mol. The Morgan fingerprint density at radius 2 is 2.17 bits per heavy atom. The van der Waals surface area contributed by atoms with Crippen LogP contribution >= 0.6 is 0 Å². The lowest BCUT2D eigenvalue weighted by atomic mass is 10.2. The van der Waals surface area contributed by atoms with Crippen molar-refractivity contribution in [3.8, 4) is 5.75 Å². The van der Waals surface area contributed by atoms with Gasteiger partial charge >= 0.3 is 6.18 Å². The van der Waals surface area contributed by atoms with Crippen molar-refractivity contribution >= 4 is 0 Å². The van der Waals surface area contributed by atoms with Crippen LogP contribution in [-0.4, -0.2) is 43.3 Å². The lowest BCUT2D eigenvalue weighted by Gasteiger charge is -2.18. The van der Waals surface area contributed by atoms with Crippen LogP contribution in [0.4, 0.5) is 13.2 Å². The van der Waals surface area contributed by atoms with E-state index in [2.05, 4.69) is 15.2 Å². The second kappa shape index (κ2) is 6.05. The van der Waals surface area contributed by atoms with Crippen molar-refractivity contribution in [1.29, 1.82) is 0 Å².